The van der Waals surface area contributed by atoms with Crippen molar-refractivity contribution in [3.63, 3.8) is 0 Å². The van der Waals surface area contributed by atoms with Gasteiger partial charge in [0, 0.05) is 16.8 Å². The van der Waals surface area contributed by atoms with Gasteiger partial charge in [-0.05, 0) is 42.5 Å². The number of hydrogen-bond donors (Lipinski definition) is 2. The van der Waals surface area contributed by atoms with Gasteiger partial charge in [-0.2, -0.15) is 5.10 Å². The smallest absolute Gasteiger partial charge is 0.256 e. The molecule has 0 atom stereocenters. The summed E-state index contributed by atoms with van der Waals surface area (Å²) in [5.41, 5.74) is 4.95. The van der Waals surface area contributed by atoms with Gasteiger partial charge in [-0.1, -0.05) is 18.2 Å². The number of ether oxygens (including phenoxy) is 1. The monoisotopic (exact) mass is 317 g/mol. The number of methoxy groups -OCH3 is 1. The molecule has 0 saturated heterocycles. The lowest BCUT2D eigenvalue weighted by atomic mass is 10.1. The molecule has 3 aromatic rings. The summed E-state index contributed by atoms with van der Waals surface area (Å²) in [6.07, 6.45) is 1.82. The number of benzene rings is 2. The molecule has 5 nitrogen and oxygen atoms in total. The third-order valence-corrected chi connectivity index (χ3v) is 3.99. The van der Waals surface area contributed by atoms with E-state index in [1.165, 1.54) is 0 Å². The summed E-state index contributed by atoms with van der Waals surface area (Å²) >= 11 is 0. The Bertz CT molecular complexity index is 939. The van der Waals surface area contributed by atoms with E-state index in [0.29, 0.717) is 5.57 Å². The van der Waals surface area contributed by atoms with Crippen molar-refractivity contribution in [1.29, 1.82) is 0 Å². The van der Waals surface area contributed by atoms with E-state index in [1.54, 1.807) is 7.11 Å². The normalized spacial score (nSPS) is 14.5. The largest absolute Gasteiger partial charge is 0.497 e. The molecule has 118 valence electrons. The van der Waals surface area contributed by atoms with E-state index < -0.39 is 0 Å². The fraction of sp³-hybridized carbons (Fsp3) is 0.0526. The van der Waals surface area contributed by atoms with Crippen LogP contribution in [0.1, 0.15) is 11.3 Å². The second-order valence-electron chi connectivity index (χ2n) is 5.49. The van der Waals surface area contributed by atoms with Crippen LogP contribution in [0.4, 0.5) is 5.69 Å². The number of amides is 1. The average molecular weight is 317 g/mol. The summed E-state index contributed by atoms with van der Waals surface area (Å²) in [7, 11) is 1.64. The molecule has 5 heteroatoms. The predicted molar refractivity (Wildman–Crippen MR) is 93.5 cm³/mol. The maximum absolute atomic E-state index is 12.2. The molecule has 0 bridgehead atoms. The first-order chi connectivity index (χ1) is 11.7. The molecule has 2 aromatic carbocycles. The van der Waals surface area contributed by atoms with Gasteiger partial charge in [0.2, 0.25) is 0 Å². The number of H-pyrrole nitrogens is 1. The van der Waals surface area contributed by atoms with Gasteiger partial charge >= 0.3 is 0 Å². The zero-order valence-electron chi connectivity index (χ0n) is 13.0. The number of anilines is 1. The van der Waals surface area contributed by atoms with Crippen molar-refractivity contribution >= 4 is 23.2 Å². The van der Waals surface area contributed by atoms with Crippen LogP contribution in [0.15, 0.2) is 54.6 Å². The van der Waals surface area contributed by atoms with Gasteiger partial charge in [0.25, 0.3) is 5.91 Å². The standard InChI is InChI=1S/C19H15N3O2/c1-24-14-8-6-12(7-9-14)18-11-13(21-22-18)10-16-15-4-2-3-5-17(15)20-19(16)23/h2-11H,1H3,(H,20,23)(H,21,22)/b16-10-. The molecule has 0 radical (unpaired) electrons. The summed E-state index contributed by atoms with van der Waals surface area (Å²) in [4.78, 5) is 12.2. The number of carbonyl (C=O) groups excluding carboxylic acids is 1. The summed E-state index contributed by atoms with van der Waals surface area (Å²) in [6, 6.07) is 17.2. The van der Waals surface area contributed by atoms with Gasteiger partial charge in [0.1, 0.15) is 5.75 Å². The van der Waals surface area contributed by atoms with Crippen molar-refractivity contribution in [3.05, 3.63) is 65.9 Å². The molecule has 0 fully saturated rings. The lowest BCUT2D eigenvalue weighted by Crippen LogP contribution is -2.03. The molecule has 24 heavy (non-hydrogen) atoms. The number of carbonyl (C=O) groups is 1. The van der Waals surface area contributed by atoms with E-state index in [1.807, 2.05) is 60.7 Å². The molecular weight excluding hydrogens is 302 g/mol. The fourth-order valence-electron chi connectivity index (χ4n) is 2.76. The van der Waals surface area contributed by atoms with Gasteiger partial charge in [0.15, 0.2) is 0 Å². The van der Waals surface area contributed by atoms with Crippen molar-refractivity contribution in [2.75, 3.05) is 12.4 Å². The molecule has 0 aliphatic carbocycles. The highest BCUT2D eigenvalue weighted by molar-refractivity contribution is 6.34. The molecule has 1 aliphatic rings. The molecule has 0 unspecified atom stereocenters. The van der Waals surface area contributed by atoms with Crippen molar-refractivity contribution in [2.24, 2.45) is 0 Å². The molecule has 2 heterocycles. The second-order valence-corrected chi connectivity index (χ2v) is 5.49. The zero-order valence-corrected chi connectivity index (χ0v) is 13.0. The summed E-state index contributed by atoms with van der Waals surface area (Å²) < 4.78 is 5.16. The Hall–Kier alpha value is -3.34. The SMILES string of the molecule is COc1ccc(-c2cc(/C=C3\C(=O)Nc4ccccc43)[nH]n2)cc1. The van der Waals surface area contributed by atoms with E-state index in [-0.39, 0.29) is 5.91 Å². The first-order valence-corrected chi connectivity index (χ1v) is 7.57. The van der Waals surface area contributed by atoms with Crippen molar-refractivity contribution in [1.82, 2.24) is 10.2 Å². The Labute approximate surface area is 139 Å². The van der Waals surface area contributed by atoms with Crippen molar-refractivity contribution in [2.45, 2.75) is 0 Å². The minimum atomic E-state index is -0.100. The van der Waals surface area contributed by atoms with Gasteiger partial charge in [-0.3, -0.25) is 9.89 Å². The van der Waals surface area contributed by atoms with Crippen LogP contribution in [-0.2, 0) is 4.79 Å². The molecule has 4 rings (SSSR count). The second kappa shape index (κ2) is 5.70. The van der Waals surface area contributed by atoms with Gasteiger partial charge < -0.3 is 10.1 Å². The molecule has 0 spiro atoms. The number of nitrogens with zero attached hydrogens (tertiary/aromatic N) is 1. The van der Waals surface area contributed by atoms with E-state index in [0.717, 1.165) is 34.0 Å². The van der Waals surface area contributed by atoms with Gasteiger partial charge in [-0.25, -0.2) is 0 Å². The van der Waals surface area contributed by atoms with Crippen LogP contribution in [0.2, 0.25) is 0 Å². The van der Waals surface area contributed by atoms with Crippen molar-refractivity contribution in [3.8, 4) is 17.0 Å². The van der Waals surface area contributed by atoms with E-state index in [9.17, 15) is 4.79 Å². The van der Waals surface area contributed by atoms with Crippen LogP contribution in [0.3, 0.4) is 0 Å². The van der Waals surface area contributed by atoms with Crippen LogP contribution < -0.4 is 10.1 Å². The van der Waals surface area contributed by atoms with Crippen LogP contribution in [0.25, 0.3) is 22.9 Å². The van der Waals surface area contributed by atoms with E-state index >= 15 is 0 Å². The number of aromatic amines is 1. The minimum absolute atomic E-state index is 0.100. The summed E-state index contributed by atoms with van der Waals surface area (Å²) in [5.74, 6) is 0.702. The topological polar surface area (TPSA) is 67.0 Å². The highest BCUT2D eigenvalue weighted by Crippen LogP contribution is 2.32. The number of rotatable bonds is 3. The fourth-order valence-corrected chi connectivity index (χ4v) is 2.76. The third kappa shape index (κ3) is 2.46. The quantitative estimate of drug-likeness (QED) is 0.726. The van der Waals surface area contributed by atoms with Crippen LogP contribution in [0.5, 0.6) is 5.75 Å². The first-order valence-electron chi connectivity index (χ1n) is 7.57. The average Bonchev–Trinajstić information content (AvgIpc) is 3.21. The summed E-state index contributed by atoms with van der Waals surface area (Å²) in [6.45, 7) is 0. The molecule has 1 aliphatic heterocycles. The van der Waals surface area contributed by atoms with E-state index in [4.69, 9.17) is 4.74 Å². The van der Waals surface area contributed by atoms with Gasteiger partial charge in [0.05, 0.1) is 24.1 Å². The maximum Gasteiger partial charge on any atom is 0.256 e. The highest BCUT2D eigenvalue weighted by atomic mass is 16.5. The maximum atomic E-state index is 12.2. The van der Waals surface area contributed by atoms with E-state index in [2.05, 4.69) is 15.5 Å². The predicted octanol–water partition coefficient (Wildman–Crippen LogP) is 3.58. The Morgan fingerprint density at radius 2 is 1.88 bits per heavy atom. The Morgan fingerprint density at radius 3 is 2.67 bits per heavy atom. The summed E-state index contributed by atoms with van der Waals surface area (Å²) in [5, 5.41) is 10.2. The van der Waals surface area contributed by atoms with Crippen LogP contribution in [-0.4, -0.2) is 23.2 Å². The molecular formula is C19H15N3O2. The van der Waals surface area contributed by atoms with Gasteiger partial charge in [-0.15, -0.1) is 0 Å². The van der Waals surface area contributed by atoms with Crippen molar-refractivity contribution < 1.29 is 9.53 Å². The molecule has 2 N–H and O–H groups in total. The number of hydrogen-bond acceptors (Lipinski definition) is 3. The lowest BCUT2D eigenvalue weighted by Gasteiger charge is -1.99. The number of para-hydroxylation sites is 1. The highest BCUT2D eigenvalue weighted by Gasteiger charge is 2.23. The number of aromatic nitrogens is 2. The third-order valence-electron chi connectivity index (χ3n) is 3.99. The molecule has 0 saturated carbocycles. The number of fused-ring (bicyclic) bond motifs is 1. The van der Waals surface area contributed by atoms with Crippen LogP contribution in [0, 0.1) is 0 Å². The lowest BCUT2D eigenvalue weighted by molar-refractivity contribution is -0.110. The molecule has 1 amide bonds. The zero-order chi connectivity index (χ0) is 16.5. The first kappa shape index (κ1) is 14.3. The Morgan fingerprint density at radius 1 is 1.08 bits per heavy atom. The Balaban J connectivity index is 1.67. The minimum Gasteiger partial charge on any atom is -0.497 e. The number of nitrogens with one attached hydrogen (secondary N) is 2. The van der Waals surface area contributed by atoms with Crippen LogP contribution >= 0.6 is 0 Å². The Kier molecular flexibility index (Phi) is 3.39. The molecule has 1 aromatic heterocycles.